The number of benzene rings is 1. The highest BCUT2D eigenvalue weighted by molar-refractivity contribution is 6.06. The Labute approximate surface area is 210 Å². The molecule has 0 aromatic heterocycles. The van der Waals surface area contributed by atoms with E-state index in [1.807, 2.05) is 6.92 Å². The molecule has 1 fully saturated rings. The number of quaternary nitrogens is 1. The van der Waals surface area contributed by atoms with Gasteiger partial charge in [0.25, 0.3) is 5.91 Å². The predicted octanol–water partition coefficient (Wildman–Crippen LogP) is 0.218. The number of allylic oxidation sites excluding steroid dienone is 1. The summed E-state index contributed by atoms with van der Waals surface area (Å²) in [5, 5.41) is 10.7. The zero-order valence-corrected chi connectivity index (χ0v) is 19.9. The Morgan fingerprint density at radius 1 is 1.11 bits per heavy atom. The Morgan fingerprint density at radius 3 is 2.21 bits per heavy atom. The van der Waals surface area contributed by atoms with E-state index < -0.39 is 41.1 Å². The second-order valence-corrected chi connectivity index (χ2v) is 8.07. The molecule has 1 aromatic carbocycles. The van der Waals surface area contributed by atoms with Crippen LogP contribution < -0.4 is 10.1 Å². The summed E-state index contributed by atoms with van der Waals surface area (Å²) in [5.74, 6) is -5.93. The molecule has 16 heteroatoms. The van der Waals surface area contributed by atoms with Gasteiger partial charge in [0.15, 0.2) is 0 Å². The Balaban J connectivity index is 0.000000638. The van der Waals surface area contributed by atoms with Crippen LogP contribution in [0.15, 0.2) is 34.9 Å². The number of piperazine rings is 1. The third-order valence-electron chi connectivity index (χ3n) is 5.40. The Hall–Kier alpha value is -3.82. The number of nitrogens with one attached hydrogen (secondary N) is 1. The van der Waals surface area contributed by atoms with Gasteiger partial charge in [-0.3, -0.25) is 9.59 Å². The number of aliphatic carboxylic acids is 1. The number of hydrogen-bond donors (Lipinski definition) is 1. The second-order valence-electron chi connectivity index (χ2n) is 8.07. The maximum Gasteiger partial charge on any atom is 0.592 e. The smallest absolute Gasteiger partial charge is 0.542 e. The molecular formula is C22H21F7N4O5. The average Bonchev–Trinajstić information content (AvgIpc) is 2.80. The lowest BCUT2D eigenvalue weighted by Crippen LogP contribution is -3.16. The molecule has 0 spiro atoms. The molecule has 1 atom stereocenters. The van der Waals surface area contributed by atoms with Crippen LogP contribution in [0.3, 0.4) is 0 Å². The number of nitrogens with zero attached hydrogens (tertiary/aromatic N) is 3. The lowest BCUT2D eigenvalue weighted by molar-refractivity contribution is -0.947. The molecule has 9 nitrogen and oxygen atoms in total. The summed E-state index contributed by atoms with van der Waals surface area (Å²) in [7, 11) is 0. The lowest BCUT2D eigenvalue weighted by atomic mass is 9.99. The van der Waals surface area contributed by atoms with E-state index in [0.717, 1.165) is 12.1 Å². The minimum atomic E-state index is -5.19. The lowest BCUT2D eigenvalue weighted by Gasteiger charge is -2.33. The van der Waals surface area contributed by atoms with Gasteiger partial charge in [0.2, 0.25) is 5.91 Å². The number of carboxylic acid groups (broad SMARTS) is 1. The molecule has 3 amide bonds. The van der Waals surface area contributed by atoms with Crippen LogP contribution in [0.1, 0.15) is 29.8 Å². The van der Waals surface area contributed by atoms with Crippen LogP contribution in [-0.4, -0.2) is 77.9 Å². The largest absolute Gasteiger partial charge is 0.592 e. The fraction of sp³-hybridized carbons (Fsp3) is 0.409. The molecule has 0 bridgehead atoms. The molecule has 3 rings (SSSR count). The molecule has 0 radical (unpaired) electrons. The third-order valence-corrected chi connectivity index (χ3v) is 5.40. The number of carbonyl (C=O) groups excluding carboxylic acids is 4. The van der Waals surface area contributed by atoms with Crippen LogP contribution in [-0.2, 0) is 20.8 Å². The number of alkyl halides is 6. The maximum absolute atomic E-state index is 14.4. The Kier molecular flexibility index (Phi) is 9.37. The Morgan fingerprint density at radius 2 is 1.71 bits per heavy atom. The number of carbonyl (C=O) groups is 4. The molecule has 208 valence electrons. The van der Waals surface area contributed by atoms with E-state index in [1.165, 1.54) is 24.0 Å². The van der Waals surface area contributed by atoms with Crippen molar-refractivity contribution in [2.75, 3.05) is 26.2 Å². The number of hydrogen-bond acceptors (Lipinski definition) is 6. The summed E-state index contributed by atoms with van der Waals surface area (Å²) in [5.41, 5.74) is 0.343. The van der Waals surface area contributed by atoms with Crippen molar-refractivity contribution in [3.63, 3.8) is 0 Å². The van der Waals surface area contributed by atoms with Gasteiger partial charge in [-0.2, -0.15) is 13.2 Å². The number of carboxylic acids is 1. The number of halogens is 7. The van der Waals surface area contributed by atoms with E-state index in [0.29, 0.717) is 18.7 Å². The summed E-state index contributed by atoms with van der Waals surface area (Å²) in [4.78, 5) is 48.1. The first kappa shape index (κ1) is 30.4. The van der Waals surface area contributed by atoms with Gasteiger partial charge >= 0.3 is 18.4 Å². The molecule has 1 saturated heterocycles. The van der Waals surface area contributed by atoms with Gasteiger partial charge < -0.3 is 19.7 Å². The van der Waals surface area contributed by atoms with Gasteiger partial charge in [0, 0.05) is 26.1 Å². The second kappa shape index (κ2) is 11.7. The predicted molar refractivity (Wildman–Crippen MR) is 113 cm³/mol. The monoisotopic (exact) mass is 554 g/mol. The zero-order chi connectivity index (χ0) is 29.0. The third kappa shape index (κ3) is 7.60. The van der Waals surface area contributed by atoms with Gasteiger partial charge in [-0.15, -0.1) is 13.2 Å². The van der Waals surface area contributed by atoms with Crippen molar-refractivity contribution in [3.05, 3.63) is 46.8 Å². The first-order chi connectivity index (χ1) is 17.4. The van der Waals surface area contributed by atoms with Gasteiger partial charge in [-0.1, -0.05) is 16.2 Å². The van der Waals surface area contributed by atoms with Gasteiger partial charge in [-0.25, -0.2) is 9.18 Å². The molecule has 0 aliphatic carbocycles. The first-order valence-corrected chi connectivity index (χ1v) is 10.8. The van der Waals surface area contributed by atoms with Crippen molar-refractivity contribution in [2.45, 2.75) is 32.7 Å². The van der Waals surface area contributed by atoms with Crippen LogP contribution in [0.2, 0.25) is 0 Å². The van der Waals surface area contributed by atoms with E-state index in [4.69, 9.17) is 9.90 Å². The molecule has 2 heterocycles. The topological polar surface area (TPSA) is 115 Å². The summed E-state index contributed by atoms with van der Waals surface area (Å²) < 4.78 is 85.0. The summed E-state index contributed by atoms with van der Waals surface area (Å²) in [6, 6.07) is 3.63. The van der Waals surface area contributed by atoms with Crippen molar-refractivity contribution >= 4 is 29.4 Å². The van der Waals surface area contributed by atoms with Gasteiger partial charge in [0.05, 0.1) is 11.6 Å². The molecule has 1 N–H and O–H groups in total. The van der Waals surface area contributed by atoms with E-state index in [2.05, 4.69) is 5.10 Å². The molecule has 1 aromatic rings. The Bertz CT molecular complexity index is 1180. The van der Waals surface area contributed by atoms with Crippen molar-refractivity contribution in [1.82, 2.24) is 9.80 Å². The van der Waals surface area contributed by atoms with Crippen molar-refractivity contribution in [3.8, 4) is 0 Å². The van der Waals surface area contributed by atoms with Crippen LogP contribution in [0.25, 0.3) is 0 Å². The van der Waals surface area contributed by atoms with Crippen LogP contribution in [0.4, 0.5) is 30.7 Å². The van der Waals surface area contributed by atoms with Gasteiger partial charge in [0.1, 0.15) is 24.0 Å². The molecule has 38 heavy (non-hydrogen) atoms. The van der Waals surface area contributed by atoms with E-state index in [-0.39, 0.29) is 42.3 Å². The molecule has 2 aliphatic rings. The van der Waals surface area contributed by atoms with E-state index >= 15 is 0 Å². The van der Waals surface area contributed by atoms with Crippen LogP contribution >= 0.6 is 0 Å². The quantitative estimate of drug-likeness (QED) is 0.423. The normalized spacial score (nSPS) is 18.4. The van der Waals surface area contributed by atoms with Crippen molar-refractivity contribution < 1.29 is 60.0 Å². The molecule has 0 saturated carbocycles. The zero-order valence-electron chi connectivity index (χ0n) is 19.9. The number of likely N-dealkylation sites (N-methyl/N-ethyl adjacent to an activating group) is 1. The fourth-order valence-electron chi connectivity index (χ4n) is 3.43. The van der Waals surface area contributed by atoms with Crippen LogP contribution in [0.5, 0.6) is 0 Å². The highest BCUT2D eigenvalue weighted by atomic mass is 19.4. The highest BCUT2D eigenvalue weighted by Crippen LogP contribution is 2.18. The highest BCUT2D eigenvalue weighted by Gasteiger charge is 2.50. The maximum atomic E-state index is 14.4. The summed E-state index contributed by atoms with van der Waals surface area (Å²) >= 11 is 0. The first-order valence-electron chi connectivity index (χ1n) is 10.8. The van der Waals surface area contributed by atoms with E-state index in [9.17, 15) is 45.1 Å². The summed E-state index contributed by atoms with van der Waals surface area (Å²) in [6.07, 6.45) is -9.35. The summed E-state index contributed by atoms with van der Waals surface area (Å²) in [6.45, 7) is 4.21. The number of rotatable bonds is 4. The molecular weight excluding hydrogens is 533 g/mol. The fourth-order valence-corrected chi connectivity index (χ4v) is 3.43. The minimum Gasteiger partial charge on any atom is -0.542 e. The van der Waals surface area contributed by atoms with Crippen LogP contribution in [0, 0.1) is 5.82 Å². The SMILES string of the molecule is CCN1CCN(C(=O)c2cc(CC3=N[NH+](C(F)(F)F)C(=O)C=C3C)ccc2F)CC1=O.O=C([O-])C(F)(F)F. The average molecular weight is 554 g/mol. The molecule has 2 aliphatic heterocycles. The number of amides is 3. The standard InChI is InChI=1S/C20H20F4N4O3.C2HF3O2/c1-3-26-6-7-27(11-18(26)30)19(31)14-9-13(4-5-15(14)21)10-16-12(2)8-17(29)28(25-16)20(22,23)24;3-2(4,5)1(6)7/h4-5,8-9H,3,6-7,10-11H2,1-2H3;(H,6,7). The van der Waals surface area contributed by atoms with Crippen molar-refractivity contribution in [2.24, 2.45) is 5.10 Å². The van der Waals surface area contributed by atoms with E-state index in [1.54, 1.807) is 4.90 Å². The minimum absolute atomic E-state index is 0.00340. The molecule has 1 unspecified atom stereocenters. The van der Waals surface area contributed by atoms with Crippen molar-refractivity contribution in [1.29, 1.82) is 0 Å². The van der Waals surface area contributed by atoms with Gasteiger partial charge in [-0.05, 0) is 37.1 Å².